The molecule has 2 aromatic carbocycles. The summed E-state index contributed by atoms with van der Waals surface area (Å²) in [6, 6.07) is 12.5. The van der Waals surface area contributed by atoms with Crippen molar-refractivity contribution in [2.24, 2.45) is 0 Å². The van der Waals surface area contributed by atoms with Crippen molar-refractivity contribution in [2.75, 3.05) is 18.4 Å². The summed E-state index contributed by atoms with van der Waals surface area (Å²) in [5.74, 6) is 0.425. The minimum Gasteiger partial charge on any atom is -0.488 e. The third-order valence-electron chi connectivity index (χ3n) is 7.10. The molecule has 3 aromatic rings. The van der Waals surface area contributed by atoms with Crippen molar-refractivity contribution >= 4 is 11.6 Å². The van der Waals surface area contributed by atoms with E-state index in [4.69, 9.17) is 4.74 Å². The number of rotatable bonds is 4. The van der Waals surface area contributed by atoms with E-state index in [9.17, 15) is 9.18 Å². The molecule has 2 fully saturated rings. The molecule has 1 spiro atoms. The second-order valence-electron chi connectivity index (χ2n) is 8.93. The van der Waals surface area contributed by atoms with Gasteiger partial charge in [-0.25, -0.2) is 9.07 Å². The summed E-state index contributed by atoms with van der Waals surface area (Å²) in [5, 5.41) is 10.9. The maximum absolute atomic E-state index is 14.5. The number of anilines is 1. The largest absolute Gasteiger partial charge is 0.488 e. The average Bonchev–Trinajstić information content (AvgIpc) is 3.37. The summed E-state index contributed by atoms with van der Waals surface area (Å²) in [4.78, 5) is 13.0. The summed E-state index contributed by atoms with van der Waals surface area (Å²) < 4.78 is 22.6. The molecule has 1 aliphatic carbocycles. The first-order valence-corrected chi connectivity index (χ1v) is 11.3. The van der Waals surface area contributed by atoms with Gasteiger partial charge in [-0.2, -0.15) is 5.10 Å². The molecular formula is C25H25FN4O2. The molecule has 2 N–H and O–H groups in total. The van der Waals surface area contributed by atoms with Crippen LogP contribution in [0.5, 0.6) is 5.75 Å². The van der Waals surface area contributed by atoms with E-state index in [1.807, 2.05) is 12.1 Å². The number of hydrogen-bond donors (Lipinski definition) is 2. The number of benzene rings is 2. The van der Waals surface area contributed by atoms with Gasteiger partial charge in [-0.1, -0.05) is 18.6 Å². The highest BCUT2D eigenvalue weighted by molar-refractivity contribution is 6.09. The number of para-hydroxylation sites is 1. The van der Waals surface area contributed by atoms with Crippen LogP contribution in [0.2, 0.25) is 0 Å². The van der Waals surface area contributed by atoms with Crippen LogP contribution in [0.15, 0.2) is 48.7 Å². The van der Waals surface area contributed by atoms with Gasteiger partial charge in [0.1, 0.15) is 23.4 Å². The first-order valence-electron chi connectivity index (χ1n) is 11.3. The number of nitrogens with zero attached hydrogens (tertiary/aromatic N) is 2. The first kappa shape index (κ1) is 19.5. The normalized spacial score (nSPS) is 19.5. The van der Waals surface area contributed by atoms with Crippen LogP contribution >= 0.6 is 0 Å². The molecule has 0 unspecified atom stereocenters. The summed E-state index contributed by atoms with van der Waals surface area (Å²) in [5.41, 5.74) is 3.35. The minimum atomic E-state index is -0.472. The second kappa shape index (κ2) is 7.45. The third-order valence-corrected chi connectivity index (χ3v) is 7.10. The fourth-order valence-electron chi connectivity index (χ4n) is 5.18. The molecule has 0 bridgehead atoms. The molecule has 1 aromatic heterocycles. The number of hydrogen-bond acceptors (Lipinski definition) is 4. The number of ether oxygens (including phenoxy) is 1. The SMILES string of the molecule is O=C1Nc2c(OC3CCNCC3)cc(-c3ccnn3-c3ccccc3F)cc2C12CCC2. The summed E-state index contributed by atoms with van der Waals surface area (Å²) in [6.07, 6.45) is 6.33. The molecule has 0 radical (unpaired) electrons. The average molecular weight is 432 g/mol. The summed E-state index contributed by atoms with van der Waals surface area (Å²) in [6.45, 7) is 1.84. The number of carbonyl (C=O) groups excluding carboxylic acids is 1. The van der Waals surface area contributed by atoms with Gasteiger partial charge in [0.25, 0.3) is 0 Å². The number of aromatic nitrogens is 2. The van der Waals surface area contributed by atoms with E-state index < -0.39 is 5.41 Å². The molecule has 1 amide bonds. The second-order valence-corrected chi connectivity index (χ2v) is 8.93. The molecule has 164 valence electrons. The van der Waals surface area contributed by atoms with Crippen molar-refractivity contribution in [3.8, 4) is 22.7 Å². The van der Waals surface area contributed by atoms with Crippen molar-refractivity contribution in [3.05, 3.63) is 60.0 Å². The molecule has 6 nitrogen and oxygen atoms in total. The molecule has 7 heteroatoms. The van der Waals surface area contributed by atoms with Crippen LogP contribution < -0.4 is 15.4 Å². The molecule has 2 aliphatic heterocycles. The highest BCUT2D eigenvalue weighted by atomic mass is 19.1. The number of amides is 1. The number of halogens is 1. The lowest BCUT2D eigenvalue weighted by molar-refractivity contribution is -0.123. The van der Waals surface area contributed by atoms with E-state index in [0.29, 0.717) is 11.4 Å². The zero-order chi connectivity index (χ0) is 21.7. The van der Waals surface area contributed by atoms with Crippen LogP contribution in [0.1, 0.15) is 37.7 Å². The van der Waals surface area contributed by atoms with Crippen molar-refractivity contribution in [2.45, 2.75) is 43.6 Å². The number of nitrogens with one attached hydrogen (secondary N) is 2. The van der Waals surface area contributed by atoms with Gasteiger partial charge in [0.2, 0.25) is 5.91 Å². The van der Waals surface area contributed by atoms with E-state index in [-0.39, 0.29) is 17.8 Å². The Bertz CT molecular complexity index is 1190. The Morgan fingerprint density at radius 3 is 2.69 bits per heavy atom. The minimum absolute atomic E-state index is 0.0636. The highest BCUT2D eigenvalue weighted by Gasteiger charge is 2.52. The number of piperidine rings is 1. The predicted molar refractivity (Wildman–Crippen MR) is 120 cm³/mol. The van der Waals surface area contributed by atoms with Crippen molar-refractivity contribution in [1.29, 1.82) is 0 Å². The Hall–Kier alpha value is -3.19. The van der Waals surface area contributed by atoms with Crippen LogP contribution in [0.3, 0.4) is 0 Å². The number of carbonyl (C=O) groups is 1. The van der Waals surface area contributed by atoms with Gasteiger partial charge in [-0.05, 0) is 74.7 Å². The van der Waals surface area contributed by atoms with Gasteiger partial charge in [-0.15, -0.1) is 0 Å². The lowest BCUT2D eigenvalue weighted by Crippen LogP contribution is -2.40. The Labute approximate surface area is 185 Å². The van der Waals surface area contributed by atoms with Crippen LogP contribution in [0.4, 0.5) is 10.1 Å². The van der Waals surface area contributed by atoms with E-state index in [1.165, 1.54) is 6.07 Å². The zero-order valence-corrected chi connectivity index (χ0v) is 17.7. The fraction of sp³-hybridized carbons (Fsp3) is 0.360. The van der Waals surface area contributed by atoms with E-state index >= 15 is 0 Å². The lowest BCUT2D eigenvalue weighted by Gasteiger charge is -2.36. The van der Waals surface area contributed by atoms with Gasteiger partial charge in [-0.3, -0.25) is 4.79 Å². The van der Waals surface area contributed by atoms with Crippen LogP contribution in [-0.2, 0) is 10.2 Å². The standard InChI is InChI=1S/C25H25FN4O2/c26-19-4-1-2-5-21(19)30-20(8-13-28-30)16-14-18-23(29-24(31)25(18)9-3-10-25)22(15-16)32-17-6-11-27-12-7-17/h1-2,4-5,8,13-15,17,27H,3,6-7,9-12H2,(H,29,31). The van der Waals surface area contributed by atoms with Gasteiger partial charge < -0.3 is 15.4 Å². The van der Waals surface area contributed by atoms with Crippen LogP contribution in [0, 0.1) is 5.82 Å². The first-order chi connectivity index (χ1) is 15.7. The molecule has 1 saturated heterocycles. The van der Waals surface area contributed by atoms with Crippen molar-refractivity contribution in [1.82, 2.24) is 15.1 Å². The predicted octanol–water partition coefficient (Wildman–Crippen LogP) is 4.18. The van der Waals surface area contributed by atoms with Gasteiger partial charge in [0.15, 0.2) is 0 Å². The molecule has 3 aliphatic rings. The zero-order valence-electron chi connectivity index (χ0n) is 17.7. The van der Waals surface area contributed by atoms with Crippen LogP contribution in [-0.4, -0.2) is 34.9 Å². The Morgan fingerprint density at radius 2 is 1.94 bits per heavy atom. The highest BCUT2D eigenvalue weighted by Crippen LogP contribution is 2.54. The molecule has 0 atom stereocenters. The Morgan fingerprint density at radius 1 is 1.12 bits per heavy atom. The molecule has 32 heavy (non-hydrogen) atoms. The van der Waals surface area contributed by atoms with Gasteiger partial charge in [0, 0.05) is 5.56 Å². The Balaban J connectivity index is 1.49. The molecule has 6 rings (SSSR count). The quantitative estimate of drug-likeness (QED) is 0.649. The summed E-state index contributed by atoms with van der Waals surface area (Å²) >= 11 is 0. The van der Waals surface area contributed by atoms with Gasteiger partial charge >= 0.3 is 0 Å². The molecule has 3 heterocycles. The molecular weight excluding hydrogens is 407 g/mol. The van der Waals surface area contributed by atoms with Crippen molar-refractivity contribution < 1.29 is 13.9 Å². The molecule has 1 saturated carbocycles. The fourth-order valence-corrected chi connectivity index (χ4v) is 5.18. The maximum atomic E-state index is 14.5. The van der Waals surface area contributed by atoms with E-state index in [1.54, 1.807) is 29.1 Å². The van der Waals surface area contributed by atoms with E-state index in [2.05, 4.69) is 21.8 Å². The Kier molecular flexibility index (Phi) is 4.54. The third kappa shape index (κ3) is 2.95. The summed E-state index contributed by atoms with van der Waals surface area (Å²) in [7, 11) is 0. The lowest BCUT2D eigenvalue weighted by atomic mass is 9.65. The maximum Gasteiger partial charge on any atom is 0.235 e. The van der Waals surface area contributed by atoms with Crippen molar-refractivity contribution in [3.63, 3.8) is 0 Å². The smallest absolute Gasteiger partial charge is 0.235 e. The van der Waals surface area contributed by atoms with E-state index in [0.717, 1.165) is 67.7 Å². The topological polar surface area (TPSA) is 68.2 Å². The van der Waals surface area contributed by atoms with Crippen LogP contribution in [0.25, 0.3) is 16.9 Å². The van der Waals surface area contributed by atoms with Gasteiger partial charge in [0.05, 0.1) is 23.0 Å². The monoisotopic (exact) mass is 432 g/mol. The number of fused-ring (bicyclic) bond motifs is 2.